The topological polar surface area (TPSA) is 99.1 Å². The molecule has 0 radical (unpaired) electrons. The number of aromatic nitrogens is 3. The summed E-state index contributed by atoms with van der Waals surface area (Å²) in [7, 11) is 0. The molecule has 1 amide bonds. The maximum Gasteiger partial charge on any atom is 0.352 e. The average molecular weight is 430 g/mol. The van der Waals surface area contributed by atoms with Gasteiger partial charge in [0.2, 0.25) is 5.69 Å². The van der Waals surface area contributed by atoms with Crippen LogP contribution in [0, 0.1) is 13.8 Å². The first-order valence-electron chi connectivity index (χ1n) is 10.1. The lowest BCUT2D eigenvalue weighted by atomic mass is 10.1. The van der Waals surface area contributed by atoms with Gasteiger partial charge in [-0.1, -0.05) is 47.5 Å². The molecule has 0 saturated carbocycles. The number of amides is 1. The molecule has 0 aliphatic rings. The summed E-state index contributed by atoms with van der Waals surface area (Å²) in [5.74, 6) is -0.157. The van der Waals surface area contributed by atoms with Gasteiger partial charge < -0.3 is 9.73 Å². The molecule has 8 heteroatoms. The van der Waals surface area contributed by atoms with Crippen LogP contribution in [0.5, 0.6) is 0 Å². The molecule has 0 saturated heterocycles. The zero-order valence-electron chi connectivity index (χ0n) is 17.7. The Kier molecular flexibility index (Phi) is 5.85. The molecule has 8 nitrogen and oxygen atoms in total. The molecule has 0 atom stereocenters. The molecule has 0 aliphatic carbocycles. The van der Waals surface area contributed by atoms with Crippen molar-refractivity contribution in [3.63, 3.8) is 0 Å². The SMILES string of the molecule is Cc1ccc(-n2nc(C(=O)NCc3ccco3)c(=O)n(Cc3cccc(C)c3)c2=O)cc1. The number of aryl methyl sites for hydroxylation is 2. The van der Waals surface area contributed by atoms with Crippen LogP contribution in [0.4, 0.5) is 0 Å². The van der Waals surface area contributed by atoms with Crippen molar-refractivity contribution in [2.24, 2.45) is 0 Å². The van der Waals surface area contributed by atoms with Gasteiger partial charge in [-0.25, -0.2) is 4.79 Å². The molecular weight excluding hydrogens is 408 g/mol. The smallest absolute Gasteiger partial charge is 0.352 e. The highest BCUT2D eigenvalue weighted by Crippen LogP contribution is 2.08. The first kappa shape index (κ1) is 21.0. The third-order valence-corrected chi connectivity index (χ3v) is 4.98. The van der Waals surface area contributed by atoms with E-state index >= 15 is 0 Å². The standard InChI is InChI=1S/C24H22N4O4/c1-16-8-10-19(11-9-16)28-24(31)27(15-18-6-3-5-17(2)13-18)23(30)21(26-28)22(29)25-14-20-7-4-12-32-20/h3-13H,14-15H2,1-2H3,(H,25,29). The first-order chi connectivity index (χ1) is 15.4. The van der Waals surface area contributed by atoms with Crippen LogP contribution in [0.2, 0.25) is 0 Å². The molecule has 0 bridgehead atoms. The van der Waals surface area contributed by atoms with E-state index in [4.69, 9.17) is 4.42 Å². The molecule has 4 rings (SSSR count). The third kappa shape index (κ3) is 4.44. The maximum atomic E-state index is 13.2. The molecule has 2 heterocycles. The highest BCUT2D eigenvalue weighted by Gasteiger charge is 2.20. The Hall–Kier alpha value is -4.20. The summed E-state index contributed by atoms with van der Waals surface area (Å²) in [4.78, 5) is 39.1. The monoisotopic (exact) mass is 430 g/mol. The fourth-order valence-electron chi connectivity index (χ4n) is 3.31. The number of nitrogens with one attached hydrogen (secondary N) is 1. The van der Waals surface area contributed by atoms with E-state index in [0.29, 0.717) is 11.4 Å². The van der Waals surface area contributed by atoms with Crippen molar-refractivity contribution < 1.29 is 9.21 Å². The largest absolute Gasteiger partial charge is 0.467 e. The second kappa shape index (κ2) is 8.89. The minimum atomic E-state index is -0.753. The Morgan fingerprint density at radius 3 is 2.47 bits per heavy atom. The number of benzene rings is 2. The van der Waals surface area contributed by atoms with Crippen LogP contribution in [0.3, 0.4) is 0 Å². The highest BCUT2D eigenvalue weighted by atomic mass is 16.3. The summed E-state index contributed by atoms with van der Waals surface area (Å²) in [5, 5.41) is 6.75. The zero-order chi connectivity index (χ0) is 22.7. The molecular formula is C24H22N4O4. The van der Waals surface area contributed by atoms with E-state index in [1.54, 1.807) is 24.3 Å². The minimum absolute atomic E-state index is 0.0200. The van der Waals surface area contributed by atoms with E-state index in [1.165, 1.54) is 6.26 Å². The van der Waals surface area contributed by atoms with Gasteiger partial charge in [-0.2, -0.15) is 9.78 Å². The van der Waals surface area contributed by atoms with E-state index in [0.717, 1.165) is 25.9 Å². The van der Waals surface area contributed by atoms with Gasteiger partial charge in [0, 0.05) is 0 Å². The number of rotatable bonds is 6. The molecule has 0 aliphatic heterocycles. The Balaban J connectivity index is 1.80. The highest BCUT2D eigenvalue weighted by molar-refractivity contribution is 5.91. The zero-order valence-corrected chi connectivity index (χ0v) is 17.7. The van der Waals surface area contributed by atoms with Crippen LogP contribution in [-0.4, -0.2) is 20.3 Å². The van der Waals surface area contributed by atoms with Crippen molar-refractivity contribution >= 4 is 5.91 Å². The van der Waals surface area contributed by atoms with Gasteiger partial charge in [-0.15, -0.1) is 0 Å². The summed E-state index contributed by atoms with van der Waals surface area (Å²) in [5.41, 5.74) is 1.49. The molecule has 0 fully saturated rings. The van der Waals surface area contributed by atoms with Crippen molar-refractivity contribution in [2.75, 3.05) is 0 Å². The van der Waals surface area contributed by atoms with Crippen molar-refractivity contribution in [2.45, 2.75) is 26.9 Å². The summed E-state index contributed by atoms with van der Waals surface area (Å²) in [6.45, 7) is 3.96. The number of hydrogen-bond donors (Lipinski definition) is 1. The summed E-state index contributed by atoms with van der Waals surface area (Å²) in [6.07, 6.45) is 1.49. The van der Waals surface area contributed by atoms with Crippen molar-refractivity contribution in [1.29, 1.82) is 0 Å². The van der Waals surface area contributed by atoms with Gasteiger partial charge >= 0.3 is 5.69 Å². The van der Waals surface area contributed by atoms with E-state index in [-0.39, 0.29) is 18.8 Å². The average Bonchev–Trinajstić information content (AvgIpc) is 3.30. The van der Waals surface area contributed by atoms with Gasteiger partial charge in [0.25, 0.3) is 11.5 Å². The Labute approximate surface area is 183 Å². The normalized spacial score (nSPS) is 10.8. The van der Waals surface area contributed by atoms with Gasteiger partial charge in [0.05, 0.1) is 25.0 Å². The molecule has 4 aromatic rings. The lowest BCUT2D eigenvalue weighted by Crippen LogP contribution is -2.46. The van der Waals surface area contributed by atoms with Crippen LogP contribution >= 0.6 is 0 Å². The molecule has 0 spiro atoms. The van der Waals surface area contributed by atoms with Gasteiger partial charge in [-0.3, -0.25) is 14.2 Å². The predicted molar refractivity (Wildman–Crippen MR) is 119 cm³/mol. The van der Waals surface area contributed by atoms with Crippen LogP contribution in [0.25, 0.3) is 5.69 Å². The summed E-state index contributed by atoms with van der Waals surface area (Å²) in [6, 6.07) is 18.0. The molecule has 2 aromatic carbocycles. The summed E-state index contributed by atoms with van der Waals surface area (Å²) >= 11 is 0. The Morgan fingerprint density at radius 1 is 1.00 bits per heavy atom. The van der Waals surface area contributed by atoms with E-state index in [9.17, 15) is 14.4 Å². The second-order valence-electron chi connectivity index (χ2n) is 7.52. The number of carbonyl (C=O) groups is 1. The van der Waals surface area contributed by atoms with E-state index in [2.05, 4.69) is 10.4 Å². The third-order valence-electron chi connectivity index (χ3n) is 4.98. The van der Waals surface area contributed by atoms with Crippen molar-refractivity contribution in [3.05, 3.63) is 116 Å². The molecule has 32 heavy (non-hydrogen) atoms. The summed E-state index contributed by atoms with van der Waals surface area (Å²) < 4.78 is 7.33. The van der Waals surface area contributed by atoms with Crippen LogP contribution in [0.1, 0.15) is 32.9 Å². The molecule has 2 aromatic heterocycles. The molecule has 0 unspecified atom stereocenters. The first-order valence-corrected chi connectivity index (χ1v) is 10.1. The van der Waals surface area contributed by atoms with Crippen LogP contribution in [0.15, 0.2) is 80.9 Å². The number of hydrogen-bond acceptors (Lipinski definition) is 5. The van der Waals surface area contributed by atoms with Crippen molar-refractivity contribution in [3.8, 4) is 5.69 Å². The lowest BCUT2D eigenvalue weighted by molar-refractivity contribution is 0.0938. The maximum absolute atomic E-state index is 13.2. The van der Waals surface area contributed by atoms with Crippen LogP contribution < -0.4 is 16.6 Å². The van der Waals surface area contributed by atoms with Crippen molar-refractivity contribution in [1.82, 2.24) is 19.7 Å². The van der Waals surface area contributed by atoms with Crippen LogP contribution in [-0.2, 0) is 13.1 Å². The number of nitrogens with zero attached hydrogens (tertiary/aromatic N) is 3. The molecule has 162 valence electrons. The second-order valence-corrected chi connectivity index (χ2v) is 7.52. The van der Waals surface area contributed by atoms with E-state index < -0.39 is 17.2 Å². The number of furan rings is 1. The van der Waals surface area contributed by atoms with Gasteiger partial charge in [0.1, 0.15) is 5.76 Å². The van der Waals surface area contributed by atoms with E-state index in [1.807, 2.05) is 50.2 Å². The lowest BCUT2D eigenvalue weighted by Gasteiger charge is -2.12. The Morgan fingerprint density at radius 2 is 1.78 bits per heavy atom. The number of carbonyl (C=O) groups excluding carboxylic acids is 1. The quantitative estimate of drug-likeness (QED) is 0.507. The predicted octanol–water partition coefficient (Wildman–Crippen LogP) is 2.58. The Bertz CT molecular complexity index is 1370. The van der Waals surface area contributed by atoms with Gasteiger partial charge in [0.15, 0.2) is 0 Å². The fraction of sp³-hybridized carbons (Fsp3) is 0.167. The molecule has 1 N–H and O–H groups in total. The minimum Gasteiger partial charge on any atom is -0.467 e. The van der Waals surface area contributed by atoms with Gasteiger partial charge in [-0.05, 0) is 43.7 Å². The fourth-order valence-corrected chi connectivity index (χ4v) is 3.31.